The van der Waals surface area contributed by atoms with E-state index in [9.17, 15) is 4.79 Å². The predicted octanol–water partition coefficient (Wildman–Crippen LogP) is 4.24. The molecule has 4 heteroatoms. The third-order valence-electron chi connectivity index (χ3n) is 4.02. The molecule has 4 nitrogen and oxygen atoms in total. The maximum Gasteiger partial charge on any atom is 0.259 e. The molecule has 2 aromatic carbocycles. The zero-order valence-corrected chi connectivity index (χ0v) is 15.7. The summed E-state index contributed by atoms with van der Waals surface area (Å²) in [6.45, 7) is 10.7. The molecule has 25 heavy (non-hydrogen) atoms. The van der Waals surface area contributed by atoms with E-state index in [0.29, 0.717) is 0 Å². The Morgan fingerprint density at radius 1 is 1.00 bits per heavy atom. The molecule has 0 atom stereocenters. The van der Waals surface area contributed by atoms with Gasteiger partial charge in [-0.05, 0) is 42.5 Å². The van der Waals surface area contributed by atoms with Crippen LogP contribution in [-0.2, 0) is 10.2 Å². The lowest BCUT2D eigenvalue weighted by Crippen LogP contribution is -2.26. The average molecular weight is 337 g/mol. The van der Waals surface area contributed by atoms with E-state index in [1.165, 1.54) is 11.1 Å². The lowest BCUT2D eigenvalue weighted by Gasteiger charge is -2.19. The molecule has 0 aliphatic heterocycles. The van der Waals surface area contributed by atoms with Gasteiger partial charge >= 0.3 is 0 Å². The first-order chi connectivity index (χ1) is 11.8. The van der Waals surface area contributed by atoms with E-state index < -0.39 is 0 Å². The van der Waals surface area contributed by atoms with Gasteiger partial charge in [-0.15, -0.1) is 0 Å². The number of aryl methyl sites for hydroxylation is 1. The number of nitrogens with one attached hydrogen (secondary N) is 2. The summed E-state index contributed by atoms with van der Waals surface area (Å²) in [6.07, 6.45) is 0. The van der Waals surface area contributed by atoms with Crippen molar-refractivity contribution in [2.45, 2.75) is 40.0 Å². The quantitative estimate of drug-likeness (QED) is 0.633. The summed E-state index contributed by atoms with van der Waals surface area (Å²) in [5.74, 6) is -0.175. The van der Waals surface area contributed by atoms with Gasteiger partial charge in [-0.2, -0.15) is 5.10 Å². The summed E-state index contributed by atoms with van der Waals surface area (Å²) in [5.41, 5.74) is 7.88. The molecule has 0 saturated heterocycles. The smallest absolute Gasteiger partial charge is 0.259 e. The van der Waals surface area contributed by atoms with Gasteiger partial charge in [-0.25, -0.2) is 5.43 Å². The molecule has 0 bridgehead atoms. The highest BCUT2D eigenvalue weighted by atomic mass is 16.2. The van der Waals surface area contributed by atoms with Crippen LogP contribution in [0.25, 0.3) is 0 Å². The van der Waals surface area contributed by atoms with E-state index in [4.69, 9.17) is 0 Å². The first kappa shape index (κ1) is 18.7. The van der Waals surface area contributed by atoms with Crippen LogP contribution in [0.5, 0.6) is 0 Å². The van der Waals surface area contributed by atoms with Gasteiger partial charge in [0.05, 0.1) is 12.3 Å². The van der Waals surface area contributed by atoms with Crippen molar-refractivity contribution in [1.82, 2.24) is 5.43 Å². The van der Waals surface area contributed by atoms with Crippen LogP contribution in [0.2, 0.25) is 0 Å². The van der Waals surface area contributed by atoms with Crippen LogP contribution >= 0.6 is 0 Å². The summed E-state index contributed by atoms with van der Waals surface area (Å²) in [7, 11) is 0. The number of hydrogen-bond donors (Lipinski definition) is 2. The van der Waals surface area contributed by atoms with E-state index in [-0.39, 0.29) is 17.9 Å². The van der Waals surface area contributed by atoms with Crippen molar-refractivity contribution < 1.29 is 4.79 Å². The Morgan fingerprint density at radius 2 is 1.60 bits per heavy atom. The Kier molecular flexibility index (Phi) is 5.97. The molecule has 0 heterocycles. The third kappa shape index (κ3) is 5.75. The lowest BCUT2D eigenvalue weighted by molar-refractivity contribution is -0.119. The van der Waals surface area contributed by atoms with E-state index in [1.54, 1.807) is 0 Å². The Balaban J connectivity index is 1.89. The van der Waals surface area contributed by atoms with Gasteiger partial charge in [-0.3, -0.25) is 4.79 Å². The molecule has 0 radical (unpaired) electrons. The molecular weight excluding hydrogens is 310 g/mol. The largest absolute Gasteiger partial charge is 0.376 e. The number of benzene rings is 2. The highest BCUT2D eigenvalue weighted by Gasteiger charge is 2.13. The SMILES string of the molecule is C/C(=N/NC(=O)CNc1ccc(C)cc1)c1ccc(C(C)(C)C)cc1. The number of rotatable bonds is 5. The van der Waals surface area contributed by atoms with Gasteiger partial charge in [0.1, 0.15) is 0 Å². The monoisotopic (exact) mass is 337 g/mol. The normalized spacial score (nSPS) is 12.0. The Morgan fingerprint density at radius 3 is 2.16 bits per heavy atom. The standard InChI is InChI=1S/C21H27N3O/c1-15-6-12-19(13-7-15)22-14-20(25)24-23-16(2)17-8-10-18(11-9-17)21(3,4)5/h6-13,22H,14H2,1-5H3,(H,24,25)/b23-16-. The minimum absolute atomic E-state index is 0.124. The van der Waals surface area contributed by atoms with Gasteiger partial charge < -0.3 is 5.32 Å². The summed E-state index contributed by atoms with van der Waals surface area (Å²) in [5, 5.41) is 7.27. The van der Waals surface area contributed by atoms with E-state index in [1.807, 2.05) is 50.2 Å². The fourth-order valence-corrected chi connectivity index (χ4v) is 2.32. The molecular formula is C21H27N3O. The van der Waals surface area contributed by atoms with E-state index in [0.717, 1.165) is 17.0 Å². The molecule has 0 aromatic heterocycles. The van der Waals surface area contributed by atoms with Crippen LogP contribution in [0.15, 0.2) is 53.6 Å². The Labute approximate surface area is 150 Å². The molecule has 132 valence electrons. The van der Waals surface area contributed by atoms with Gasteiger partial charge in [0, 0.05) is 5.69 Å². The number of carbonyl (C=O) groups is 1. The lowest BCUT2D eigenvalue weighted by atomic mass is 9.86. The van der Waals surface area contributed by atoms with Crippen molar-refractivity contribution in [2.75, 3.05) is 11.9 Å². The number of hydrogen-bond acceptors (Lipinski definition) is 3. The minimum atomic E-state index is -0.175. The highest BCUT2D eigenvalue weighted by Crippen LogP contribution is 2.22. The van der Waals surface area contributed by atoms with E-state index >= 15 is 0 Å². The molecule has 0 unspecified atom stereocenters. The van der Waals surface area contributed by atoms with Crippen LogP contribution < -0.4 is 10.7 Å². The van der Waals surface area contributed by atoms with Crippen molar-refractivity contribution in [2.24, 2.45) is 5.10 Å². The van der Waals surface area contributed by atoms with Crippen molar-refractivity contribution in [3.8, 4) is 0 Å². The van der Waals surface area contributed by atoms with Crippen molar-refractivity contribution >= 4 is 17.3 Å². The maximum atomic E-state index is 11.9. The number of amides is 1. The van der Waals surface area contributed by atoms with Crippen LogP contribution in [0.4, 0.5) is 5.69 Å². The first-order valence-corrected chi connectivity index (χ1v) is 8.50. The van der Waals surface area contributed by atoms with Crippen LogP contribution in [-0.4, -0.2) is 18.2 Å². The first-order valence-electron chi connectivity index (χ1n) is 8.50. The third-order valence-corrected chi connectivity index (χ3v) is 4.02. The van der Waals surface area contributed by atoms with Gasteiger partial charge in [-0.1, -0.05) is 62.7 Å². The van der Waals surface area contributed by atoms with Gasteiger partial charge in [0.25, 0.3) is 5.91 Å². The number of hydrazone groups is 1. The molecule has 0 fully saturated rings. The number of carbonyl (C=O) groups excluding carboxylic acids is 1. The molecule has 0 aliphatic rings. The average Bonchev–Trinajstić information content (AvgIpc) is 2.58. The second-order valence-corrected chi connectivity index (χ2v) is 7.28. The molecule has 0 spiro atoms. The molecule has 1 amide bonds. The summed E-state index contributed by atoms with van der Waals surface area (Å²) >= 11 is 0. The summed E-state index contributed by atoms with van der Waals surface area (Å²) < 4.78 is 0. The number of anilines is 1. The highest BCUT2D eigenvalue weighted by molar-refractivity contribution is 5.99. The van der Waals surface area contributed by atoms with Crippen molar-refractivity contribution in [3.05, 3.63) is 65.2 Å². The van der Waals surface area contributed by atoms with Gasteiger partial charge in [0.15, 0.2) is 0 Å². The van der Waals surface area contributed by atoms with E-state index in [2.05, 4.69) is 48.7 Å². The van der Waals surface area contributed by atoms with Crippen LogP contribution in [0.3, 0.4) is 0 Å². The summed E-state index contributed by atoms with van der Waals surface area (Å²) in [6, 6.07) is 16.2. The minimum Gasteiger partial charge on any atom is -0.376 e. The fourth-order valence-electron chi connectivity index (χ4n) is 2.32. The zero-order valence-electron chi connectivity index (χ0n) is 15.7. The van der Waals surface area contributed by atoms with Crippen LogP contribution in [0.1, 0.15) is 44.4 Å². The van der Waals surface area contributed by atoms with Gasteiger partial charge in [0.2, 0.25) is 0 Å². The van der Waals surface area contributed by atoms with Crippen molar-refractivity contribution in [1.29, 1.82) is 0 Å². The summed E-state index contributed by atoms with van der Waals surface area (Å²) in [4.78, 5) is 11.9. The number of nitrogens with zero attached hydrogens (tertiary/aromatic N) is 1. The van der Waals surface area contributed by atoms with Crippen molar-refractivity contribution in [3.63, 3.8) is 0 Å². The Hall–Kier alpha value is -2.62. The molecule has 2 rings (SSSR count). The Bertz CT molecular complexity index is 738. The van der Waals surface area contributed by atoms with Crippen LogP contribution in [0, 0.1) is 6.92 Å². The fraction of sp³-hybridized carbons (Fsp3) is 0.333. The maximum absolute atomic E-state index is 11.9. The molecule has 2 aromatic rings. The molecule has 0 saturated carbocycles. The topological polar surface area (TPSA) is 53.5 Å². The predicted molar refractivity (Wildman–Crippen MR) is 105 cm³/mol. The molecule has 0 aliphatic carbocycles. The zero-order chi connectivity index (χ0) is 18.4. The second-order valence-electron chi connectivity index (χ2n) is 7.28. The molecule has 2 N–H and O–H groups in total. The second kappa shape index (κ2) is 7.97.